The number of aliphatic hydroxyl groups is 1. The van der Waals surface area contributed by atoms with E-state index in [4.69, 9.17) is 14.5 Å². The Kier molecular flexibility index (Phi) is 13.7. The first kappa shape index (κ1) is 21.0. The van der Waals surface area contributed by atoms with Crippen molar-refractivity contribution in [3.8, 4) is 0 Å². The molecule has 0 bridgehead atoms. The molecule has 1 unspecified atom stereocenters. The van der Waals surface area contributed by atoms with Crippen LogP contribution in [-0.4, -0.2) is 40.8 Å². The fourth-order valence-corrected chi connectivity index (χ4v) is 2.33. The van der Waals surface area contributed by atoms with Crippen LogP contribution >= 0.6 is 7.82 Å². The summed E-state index contributed by atoms with van der Waals surface area (Å²) < 4.78 is 19.8. The van der Waals surface area contributed by atoms with Crippen LogP contribution in [0.15, 0.2) is 0 Å². The number of unbranched alkanes of at least 4 members (excludes halogenated alkanes) is 8. The van der Waals surface area contributed by atoms with Crippen LogP contribution in [0.2, 0.25) is 0 Å². The minimum absolute atomic E-state index is 0.0387. The maximum atomic E-state index is 10.4. The molecule has 0 rings (SSSR count). The molecule has 0 aromatic rings. The second-order valence-corrected chi connectivity index (χ2v) is 6.58. The Bertz CT molecular complexity index is 268. The summed E-state index contributed by atoms with van der Waals surface area (Å²) in [5.74, 6) is 0. The molecule has 0 heterocycles. The van der Waals surface area contributed by atoms with E-state index in [0.29, 0.717) is 6.61 Å². The van der Waals surface area contributed by atoms with Gasteiger partial charge in [-0.2, -0.15) is 0 Å². The van der Waals surface area contributed by atoms with E-state index in [2.05, 4.69) is 11.4 Å². The summed E-state index contributed by atoms with van der Waals surface area (Å²) in [5, 5.41) is 9.36. The molecule has 0 aromatic carbocycles. The third-order valence-electron chi connectivity index (χ3n) is 3.14. The Labute approximate surface area is 128 Å². The van der Waals surface area contributed by atoms with Crippen molar-refractivity contribution in [3.63, 3.8) is 0 Å². The summed E-state index contributed by atoms with van der Waals surface area (Å²) in [6.07, 6.45) is 10.1. The minimum atomic E-state index is -4.50. The monoisotopic (exact) mass is 326 g/mol. The second-order valence-electron chi connectivity index (χ2n) is 5.34. The van der Waals surface area contributed by atoms with Crippen molar-refractivity contribution >= 4 is 7.82 Å². The fraction of sp³-hybridized carbons (Fsp3) is 1.00. The molecule has 0 saturated heterocycles. The summed E-state index contributed by atoms with van der Waals surface area (Å²) in [6.45, 7) is 2.40. The van der Waals surface area contributed by atoms with Crippen molar-refractivity contribution in [1.29, 1.82) is 0 Å². The highest BCUT2D eigenvalue weighted by molar-refractivity contribution is 7.46. The molecule has 3 N–H and O–H groups in total. The zero-order valence-corrected chi connectivity index (χ0v) is 14.0. The predicted octanol–water partition coefficient (Wildman–Crippen LogP) is 3.00. The van der Waals surface area contributed by atoms with Gasteiger partial charge in [0.1, 0.15) is 6.10 Å². The van der Waals surface area contributed by atoms with E-state index in [-0.39, 0.29) is 6.61 Å². The van der Waals surface area contributed by atoms with Crippen LogP contribution in [0.5, 0.6) is 0 Å². The third kappa shape index (κ3) is 18.0. The molecule has 0 aliphatic rings. The van der Waals surface area contributed by atoms with E-state index >= 15 is 0 Å². The number of rotatable bonds is 15. The van der Waals surface area contributed by atoms with Gasteiger partial charge in [0.2, 0.25) is 0 Å². The molecule has 0 saturated carbocycles. The average molecular weight is 326 g/mol. The van der Waals surface area contributed by atoms with Crippen LogP contribution in [0.25, 0.3) is 0 Å². The van der Waals surface area contributed by atoms with Gasteiger partial charge in [-0.05, 0) is 6.42 Å². The Balaban J connectivity index is 3.19. The van der Waals surface area contributed by atoms with Crippen LogP contribution < -0.4 is 0 Å². The van der Waals surface area contributed by atoms with E-state index in [1.807, 2.05) is 0 Å². The van der Waals surface area contributed by atoms with E-state index < -0.39 is 20.5 Å². The lowest BCUT2D eigenvalue weighted by Crippen LogP contribution is -2.21. The molecule has 1 atom stereocenters. The minimum Gasteiger partial charge on any atom is -0.388 e. The van der Waals surface area contributed by atoms with E-state index in [1.165, 1.54) is 44.9 Å². The normalized spacial score (nSPS) is 13.5. The number of ether oxygens (including phenoxy) is 1. The summed E-state index contributed by atoms with van der Waals surface area (Å²) in [5.41, 5.74) is 0. The van der Waals surface area contributed by atoms with E-state index in [0.717, 1.165) is 12.8 Å². The van der Waals surface area contributed by atoms with Crippen LogP contribution in [0.4, 0.5) is 0 Å². The summed E-state index contributed by atoms with van der Waals surface area (Å²) in [6, 6.07) is 0. The number of aliphatic hydroxyl groups excluding tert-OH is 1. The molecule has 7 heteroatoms. The Morgan fingerprint density at radius 1 is 0.905 bits per heavy atom. The van der Waals surface area contributed by atoms with Gasteiger partial charge < -0.3 is 19.6 Å². The molecule has 0 aliphatic carbocycles. The molecule has 6 nitrogen and oxygen atoms in total. The number of hydrogen-bond donors (Lipinski definition) is 3. The average Bonchev–Trinajstić information content (AvgIpc) is 2.42. The van der Waals surface area contributed by atoms with Crippen molar-refractivity contribution in [2.24, 2.45) is 0 Å². The summed E-state index contributed by atoms with van der Waals surface area (Å²) >= 11 is 0. The maximum absolute atomic E-state index is 10.4. The molecule has 21 heavy (non-hydrogen) atoms. The molecule has 0 fully saturated rings. The topological polar surface area (TPSA) is 96.2 Å². The zero-order valence-electron chi connectivity index (χ0n) is 13.1. The Hall–Kier alpha value is 0.0300. The molecule has 0 radical (unpaired) electrons. The maximum Gasteiger partial charge on any atom is 0.469 e. The molecule has 0 amide bonds. The lowest BCUT2D eigenvalue weighted by atomic mass is 10.1. The highest BCUT2D eigenvalue weighted by Gasteiger charge is 2.16. The second kappa shape index (κ2) is 13.7. The van der Waals surface area contributed by atoms with Crippen molar-refractivity contribution in [2.75, 3.05) is 19.8 Å². The van der Waals surface area contributed by atoms with Crippen LogP contribution in [0.1, 0.15) is 64.7 Å². The Morgan fingerprint density at radius 3 is 1.95 bits per heavy atom. The highest BCUT2D eigenvalue weighted by Crippen LogP contribution is 2.35. The largest absolute Gasteiger partial charge is 0.469 e. The molecular weight excluding hydrogens is 295 g/mol. The van der Waals surface area contributed by atoms with Crippen molar-refractivity contribution in [2.45, 2.75) is 70.8 Å². The van der Waals surface area contributed by atoms with Gasteiger partial charge in [-0.1, -0.05) is 58.3 Å². The van der Waals surface area contributed by atoms with Crippen LogP contribution in [-0.2, 0) is 13.8 Å². The molecule has 0 spiro atoms. The first-order chi connectivity index (χ1) is 9.95. The molecule has 0 aromatic heterocycles. The lowest BCUT2D eigenvalue weighted by Gasteiger charge is -2.12. The van der Waals surface area contributed by atoms with Crippen molar-refractivity contribution in [1.82, 2.24) is 0 Å². The van der Waals surface area contributed by atoms with Gasteiger partial charge in [-0.3, -0.25) is 4.52 Å². The quantitative estimate of drug-likeness (QED) is 0.316. The number of phosphoric acid groups is 1. The van der Waals surface area contributed by atoms with Gasteiger partial charge in [0.05, 0.1) is 13.2 Å². The summed E-state index contributed by atoms with van der Waals surface area (Å²) in [7, 11) is -4.50. The smallest absolute Gasteiger partial charge is 0.388 e. The first-order valence-electron chi connectivity index (χ1n) is 7.91. The van der Waals surface area contributed by atoms with Crippen LogP contribution in [0, 0.1) is 0 Å². The molecule has 0 aliphatic heterocycles. The number of hydrogen-bond acceptors (Lipinski definition) is 4. The van der Waals surface area contributed by atoms with Gasteiger partial charge >= 0.3 is 7.82 Å². The van der Waals surface area contributed by atoms with Gasteiger partial charge in [-0.25, -0.2) is 4.57 Å². The van der Waals surface area contributed by atoms with Gasteiger partial charge in [0.25, 0.3) is 0 Å². The zero-order chi connectivity index (χ0) is 16.0. The SMILES string of the molecule is CCCCCCCCCCCOCC(O)COP(=O)(O)O. The van der Waals surface area contributed by atoms with Gasteiger partial charge in [0, 0.05) is 6.61 Å². The first-order valence-corrected chi connectivity index (χ1v) is 9.44. The van der Waals surface area contributed by atoms with E-state index in [1.54, 1.807) is 0 Å². The summed E-state index contributed by atoms with van der Waals surface area (Å²) in [4.78, 5) is 16.9. The van der Waals surface area contributed by atoms with Crippen molar-refractivity contribution in [3.05, 3.63) is 0 Å². The fourth-order valence-electron chi connectivity index (χ4n) is 1.97. The third-order valence-corrected chi connectivity index (χ3v) is 3.62. The molecular formula is C14H31O6P. The lowest BCUT2D eigenvalue weighted by molar-refractivity contribution is 0.00476. The standard InChI is InChI=1S/C14H31O6P/c1-2-3-4-5-6-7-8-9-10-11-19-12-14(15)13-20-21(16,17)18/h14-15H,2-13H2,1H3,(H2,16,17,18). The Morgan fingerprint density at radius 2 is 1.43 bits per heavy atom. The molecule has 128 valence electrons. The number of phosphoric ester groups is 1. The van der Waals surface area contributed by atoms with Gasteiger partial charge in [-0.15, -0.1) is 0 Å². The van der Waals surface area contributed by atoms with Crippen LogP contribution in [0.3, 0.4) is 0 Å². The van der Waals surface area contributed by atoms with E-state index in [9.17, 15) is 9.67 Å². The van der Waals surface area contributed by atoms with Gasteiger partial charge in [0.15, 0.2) is 0 Å². The highest BCUT2D eigenvalue weighted by atomic mass is 31.2. The van der Waals surface area contributed by atoms with Crippen molar-refractivity contribution < 1.29 is 28.7 Å². The predicted molar refractivity (Wildman–Crippen MR) is 82.0 cm³/mol.